The third kappa shape index (κ3) is 36.1. The first kappa shape index (κ1) is 43.6. The van der Waals surface area contributed by atoms with Gasteiger partial charge in [0.15, 0.2) is 0 Å². The summed E-state index contributed by atoms with van der Waals surface area (Å²) in [5, 5.41) is 8.66. The topological polar surface area (TPSA) is 63.6 Å². The summed E-state index contributed by atoms with van der Waals surface area (Å²) in [5.74, 6) is -0.694. The van der Waals surface area contributed by atoms with Crippen LogP contribution < -0.4 is 0 Å². The Kier molecular flexibility index (Phi) is 35.2. The Morgan fingerprint density at radius 1 is 0.500 bits per heavy atom. The van der Waals surface area contributed by atoms with E-state index in [4.69, 9.17) is 9.84 Å². The molecule has 4 heteroatoms. The molecule has 4 nitrogen and oxygen atoms in total. The predicted molar refractivity (Wildman–Crippen MR) is 199 cm³/mol. The lowest BCUT2D eigenvalue weighted by molar-refractivity contribution is -0.150. The number of allylic oxidation sites excluding steroid dienone is 10. The van der Waals surface area contributed by atoms with E-state index in [0.29, 0.717) is 12.8 Å². The van der Waals surface area contributed by atoms with Gasteiger partial charge in [-0.05, 0) is 70.6 Å². The van der Waals surface area contributed by atoms with Gasteiger partial charge < -0.3 is 9.84 Å². The van der Waals surface area contributed by atoms with Crippen LogP contribution in [0, 0.1) is 0 Å². The van der Waals surface area contributed by atoms with E-state index >= 15 is 0 Å². The maximum absolute atomic E-state index is 12.4. The number of hydrogen-bond donors (Lipinski definition) is 1. The molecule has 0 aromatic rings. The average Bonchev–Trinajstić information content (AvgIpc) is 3.03. The Labute approximate surface area is 284 Å². The summed E-state index contributed by atoms with van der Waals surface area (Å²) in [4.78, 5) is 22.9. The van der Waals surface area contributed by atoms with Crippen molar-refractivity contribution in [2.24, 2.45) is 0 Å². The number of rotatable bonds is 34. The molecule has 0 aliphatic rings. The summed E-state index contributed by atoms with van der Waals surface area (Å²) in [7, 11) is 0. The highest BCUT2D eigenvalue weighted by Crippen LogP contribution is 2.17. The molecular formula is C42H72O4. The Morgan fingerprint density at radius 2 is 0.913 bits per heavy atom. The molecule has 1 N–H and O–H groups in total. The second kappa shape index (κ2) is 37.1. The van der Waals surface area contributed by atoms with Crippen LogP contribution in [-0.2, 0) is 14.3 Å². The predicted octanol–water partition coefficient (Wildman–Crippen LogP) is 13.3. The number of carboxylic acid groups (broad SMARTS) is 1. The summed E-state index contributed by atoms with van der Waals surface area (Å²) in [5.41, 5.74) is 0. The molecule has 0 aliphatic heterocycles. The minimum atomic E-state index is -0.668. The van der Waals surface area contributed by atoms with Crippen LogP contribution in [0.15, 0.2) is 60.8 Å². The number of hydrogen-bond acceptors (Lipinski definition) is 3. The van der Waals surface area contributed by atoms with Gasteiger partial charge >= 0.3 is 11.9 Å². The largest absolute Gasteiger partial charge is 0.481 e. The van der Waals surface area contributed by atoms with Crippen LogP contribution in [-0.4, -0.2) is 23.1 Å². The SMILES string of the molecule is CC/C=C\C/C=C\C/C=C\C/C=C\C/C=C\CCCC(=O)OC(CCC)CCCCCCCCCCCCCCCCCC(=O)O. The quantitative estimate of drug-likeness (QED) is 0.0432. The van der Waals surface area contributed by atoms with Gasteiger partial charge in [-0.3, -0.25) is 9.59 Å². The third-order valence-corrected chi connectivity index (χ3v) is 8.23. The normalized spacial score (nSPS) is 12.9. The molecule has 0 spiro atoms. The number of esters is 1. The van der Waals surface area contributed by atoms with Gasteiger partial charge in [0, 0.05) is 12.8 Å². The maximum atomic E-state index is 12.4. The fourth-order valence-corrected chi connectivity index (χ4v) is 5.51. The second-order valence-electron chi connectivity index (χ2n) is 12.7. The van der Waals surface area contributed by atoms with Crippen molar-refractivity contribution in [2.45, 2.75) is 193 Å². The minimum absolute atomic E-state index is 0.0264. The molecule has 0 aromatic heterocycles. The summed E-state index contributed by atoms with van der Waals surface area (Å²) >= 11 is 0. The number of aliphatic carboxylic acids is 1. The molecule has 0 fully saturated rings. The van der Waals surface area contributed by atoms with E-state index in [9.17, 15) is 9.59 Å². The zero-order chi connectivity index (χ0) is 33.6. The highest BCUT2D eigenvalue weighted by Gasteiger charge is 2.13. The molecule has 0 saturated heterocycles. The van der Waals surface area contributed by atoms with E-state index in [2.05, 4.69) is 74.6 Å². The van der Waals surface area contributed by atoms with Gasteiger partial charge in [-0.1, -0.05) is 164 Å². The number of carboxylic acids is 1. The molecule has 0 radical (unpaired) electrons. The van der Waals surface area contributed by atoms with Gasteiger partial charge in [0.05, 0.1) is 0 Å². The van der Waals surface area contributed by atoms with Crippen molar-refractivity contribution in [3.05, 3.63) is 60.8 Å². The standard InChI is InChI=1S/C42H72O4/c1-3-5-6-7-8-9-10-11-12-13-17-20-23-26-29-32-35-39-42(45)46-40(36-4-2)37-33-30-27-24-21-18-15-14-16-19-22-25-28-31-34-38-41(43)44/h5-6,8-9,11-12,17,20,26,29,40H,3-4,7,10,13-16,18-19,21-25,27-28,30-39H2,1-2H3,(H,43,44)/b6-5-,9-8-,12-11-,20-17-,29-26-. The lowest BCUT2D eigenvalue weighted by Gasteiger charge is -2.17. The van der Waals surface area contributed by atoms with Crippen molar-refractivity contribution in [2.75, 3.05) is 0 Å². The number of unbranched alkanes of at least 4 members (excludes halogenated alkanes) is 15. The molecule has 0 aromatic carbocycles. The molecule has 46 heavy (non-hydrogen) atoms. The van der Waals surface area contributed by atoms with Gasteiger partial charge in [-0.2, -0.15) is 0 Å². The maximum Gasteiger partial charge on any atom is 0.306 e. The van der Waals surface area contributed by atoms with Crippen LogP contribution in [0.2, 0.25) is 0 Å². The van der Waals surface area contributed by atoms with Gasteiger partial charge in [0.25, 0.3) is 0 Å². The third-order valence-electron chi connectivity index (χ3n) is 8.23. The summed E-state index contributed by atoms with van der Waals surface area (Å²) < 4.78 is 5.84. The zero-order valence-electron chi connectivity index (χ0n) is 30.1. The number of ether oxygens (including phenoxy) is 1. The molecule has 0 amide bonds. The molecule has 0 saturated carbocycles. The highest BCUT2D eigenvalue weighted by atomic mass is 16.5. The Hall–Kier alpha value is -2.36. The van der Waals surface area contributed by atoms with Gasteiger partial charge in [-0.15, -0.1) is 0 Å². The first-order valence-electron chi connectivity index (χ1n) is 19.3. The molecule has 0 bridgehead atoms. The highest BCUT2D eigenvalue weighted by molar-refractivity contribution is 5.69. The smallest absolute Gasteiger partial charge is 0.306 e. The van der Waals surface area contributed by atoms with E-state index in [1.54, 1.807) is 0 Å². The van der Waals surface area contributed by atoms with E-state index in [1.165, 1.54) is 77.0 Å². The van der Waals surface area contributed by atoms with E-state index in [-0.39, 0.29) is 12.1 Å². The first-order valence-corrected chi connectivity index (χ1v) is 19.3. The molecule has 1 unspecified atom stereocenters. The molecule has 0 aliphatic carbocycles. The van der Waals surface area contributed by atoms with Crippen LogP contribution in [0.4, 0.5) is 0 Å². The van der Waals surface area contributed by atoms with Crippen molar-refractivity contribution < 1.29 is 19.4 Å². The molecule has 0 rings (SSSR count). The van der Waals surface area contributed by atoms with Gasteiger partial charge in [0.1, 0.15) is 6.10 Å². The van der Waals surface area contributed by atoms with Gasteiger partial charge in [0.2, 0.25) is 0 Å². The van der Waals surface area contributed by atoms with E-state index < -0.39 is 5.97 Å². The van der Waals surface area contributed by atoms with Crippen LogP contribution in [0.1, 0.15) is 187 Å². The molecule has 1 atom stereocenters. The van der Waals surface area contributed by atoms with E-state index in [0.717, 1.165) is 83.5 Å². The van der Waals surface area contributed by atoms with Crippen LogP contribution in [0.5, 0.6) is 0 Å². The van der Waals surface area contributed by atoms with Crippen molar-refractivity contribution in [1.82, 2.24) is 0 Å². The first-order chi connectivity index (χ1) is 22.6. The van der Waals surface area contributed by atoms with Crippen molar-refractivity contribution in [3.8, 4) is 0 Å². The van der Waals surface area contributed by atoms with Crippen LogP contribution >= 0.6 is 0 Å². The van der Waals surface area contributed by atoms with Crippen molar-refractivity contribution in [3.63, 3.8) is 0 Å². The molecule has 0 heterocycles. The second-order valence-corrected chi connectivity index (χ2v) is 12.7. The molecular weight excluding hydrogens is 568 g/mol. The minimum Gasteiger partial charge on any atom is -0.481 e. The van der Waals surface area contributed by atoms with Crippen molar-refractivity contribution >= 4 is 11.9 Å². The average molecular weight is 641 g/mol. The fraction of sp³-hybridized carbons (Fsp3) is 0.714. The Bertz CT molecular complexity index is 820. The molecule has 264 valence electrons. The van der Waals surface area contributed by atoms with E-state index in [1.807, 2.05) is 0 Å². The lowest BCUT2D eigenvalue weighted by atomic mass is 10.0. The van der Waals surface area contributed by atoms with Crippen LogP contribution in [0.25, 0.3) is 0 Å². The summed E-state index contributed by atoms with van der Waals surface area (Å²) in [6.45, 7) is 4.33. The zero-order valence-corrected chi connectivity index (χ0v) is 30.1. The lowest BCUT2D eigenvalue weighted by Crippen LogP contribution is -2.18. The fourth-order valence-electron chi connectivity index (χ4n) is 5.51. The van der Waals surface area contributed by atoms with Crippen molar-refractivity contribution in [1.29, 1.82) is 0 Å². The van der Waals surface area contributed by atoms with Gasteiger partial charge in [-0.25, -0.2) is 0 Å². The Morgan fingerprint density at radius 3 is 1.35 bits per heavy atom. The van der Waals surface area contributed by atoms with Crippen LogP contribution in [0.3, 0.4) is 0 Å². The Balaban J connectivity index is 3.66. The number of carbonyl (C=O) groups excluding carboxylic acids is 1. The number of carbonyl (C=O) groups is 2. The summed E-state index contributed by atoms with van der Waals surface area (Å²) in [6, 6.07) is 0. The summed E-state index contributed by atoms with van der Waals surface area (Å²) in [6.07, 6.45) is 51.6. The monoisotopic (exact) mass is 641 g/mol.